The first kappa shape index (κ1) is 13.2. The van der Waals surface area contributed by atoms with Crippen molar-refractivity contribution in [3.05, 3.63) is 23.0 Å². The first-order chi connectivity index (χ1) is 7.79. The molecule has 0 saturated carbocycles. The van der Waals surface area contributed by atoms with Gasteiger partial charge in [0.05, 0.1) is 12.5 Å². The molecule has 0 atom stereocenters. The van der Waals surface area contributed by atoms with Crippen molar-refractivity contribution < 1.29 is 27.1 Å². The minimum atomic E-state index is -5.02. The van der Waals surface area contributed by atoms with E-state index >= 15 is 0 Å². The predicted molar refractivity (Wildman–Crippen MR) is 45.2 cm³/mol. The van der Waals surface area contributed by atoms with Gasteiger partial charge in [-0.05, 0) is 0 Å². The smallest absolute Gasteiger partial charge is 0.420 e. The third kappa shape index (κ3) is 2.61. The van der Waals surface area contributed by atoms with Crippen LogP contribution in [0.2, 0.25) is 0 Å². The summed E-state index contributed by atoms with van der Waals surface area (Å²) in [4.78, 5) is 3.02. The molecule has 3 nitrogen and oxygen atoms in total. The van der Waals surface area contributed by atoms with Crippen molar-refractivity contribution in [1.29, 1.82) is 5.26 Å². The van der Waals surface area contributed by atoms with Crippen LogP contribution in [0.4, 0.5) is 22.0 Å². The van der Waals surface area contributed by atoms with Gasteiger partial charge in [0, 0.05) is 11.8 Å². The van der Waals surface area contributed by atoms with Crippen molar-refractivity contribution >= 4 is 0 Å². The van der Waals surface area contributed by atoms with E-state index in [4.69, 9.17) is 10.4 Å². The van der Waals surface area contributed by atoms with Gasteiger partial charge >= 0.3 is 6.18 Å². The highest BCUT2D eigenvalue weighted by Crippen LogP contribution is 2.41. The van der Waals surface area contributed by atoms with Gasteiger partial charge in [-0.2, -0.15) is 18.4 Å². The van der Waals surface area contributed by atoms with Crippen LogP contribution in [-0.2, 0) is 12.6 Å². The van der Waals surface area contributed by atoms with E-state index in [2.05, 4.69) is 4.98 Å². The lowest BCUT2D eigenvalue weighted by Gasteiger charge is -2.14. The number of halogens is 5. The Morgan fingerprint density at radius 1 is 1.41 bits per heavy atom. The molecule has 1 heterocycles. The van der Waals surface area contributed by atoms with Gasteiger partial charge in [-0.3, -0.25) is 4.98 Å². The standard InChI is InChI=1S/C9H5F5N2O/c10-8(11)6-7(17)5(9(12,13)14)4(1-2-15)3-16-6/h3,8,17H,1H2. The van der Waals surface area contributed by atoms with Crippen molar-refractivity contribution in [1.82, 2.24) is 4.98 Å². The molecule has 1 aromatic heterocycles. The van der Waals surface area contributed by atoms with Crippen molar-refractivity contribution in [3.63, 3.8) is 0 Å². The van der Waals surface area contributed by atoms with E-state index in [0.29, 0.717) is 6.20 Å². The maximum atomic E-state index is 12.5. The van der Waals surface area contributed by atoms with Crippen LogP contribution < -0.4 is 0 Å². The summed E-state index contributed by atoms with van der Waals surface area (Å²) in [6.07, 6.45) is -8.51. The molecule has 0 spiro atoms. The Morgan fingerprint density at radius 3 is 2.41 bits per heavy atom. The summed E-state index contributed by atoms with van der Waals surface area (Å²) in [5.41, 5.74) is -3.62. The topological polar surface area (TPSA) is 56.9 Å². The first-order valence-corrected chi connectivity index (χ1v) is 4.22. The zero-order valence-electron chi connectivity index (χ0n) is 8.09. The number of pyridine rings is 1. The summed E-state index contributed by atoms with van der Waals surface area (Å²) in [5, 5.41) is 17.4. The summed E-state index contributed by atoms with van der Waals surface area (Å²) >= 11 is 0. The van der Waals surface area contributed by atoms with Crippen LogP contribution in [0.1, 0.15) is 23.2 Å². The second kappa shape index (κ2) is 4.53. The van der Waals surface area contributed by atoms with E-state index in [9.17, 15) is 22.0 Å². The third-order valence-electron chi connectivity index (χ3n) is 1.92. The number of aromatic hydroxyl groups is 1. The molecule has 0 amide bonds. The highest BCUT2D eigenvalue weighted by atomic mass is 19.4. The molecule has 92 valence electrons. The molecule has 1 rings (SSSR count). The van der Waals surface area contributed by atoms with E-state index < -0.39 is 41.6 Å². The highest BCUT2D eigenvalue weighted by Gasteiger charge is 2.39. The molecule has 17 heavy (non-hydrogen) atoms. The van der Waals surface area contributed by atoms with Crippen molar-refractivity contribution in [2.45, 2.75) is 19.0 Å². The minimum Gasteiger partial charge on any atom is -0.505 e. The number of hydrogen-bond acceptors (Lipinski definition) is 3. The number of nitriles is 1. The SMILES string of the molecule is N#CCc1cnc(C(F)F)c(O)c1C(F)(F)F. The zero-order chi connectivity index (χ0) is 13.2. The number of hydrogen-bond donors (Lipinski definition) is 1. The Hall–Kier alpha value is -1.91. The summed E-state index contributed by atoms with van der Waals surface area (Å²) in [6.45, 7) is 0. The van der Waals surface area contributed by atoms with Crippen LogP contribution in [0.3, 0.4) is 0 Å². The Kier molecular flexibility index (Phi) is 3.50. The fourth-order valence-electron chi connectivity index (χ4n) is 1.25. The summed E-state index contributed by atoms with van der Waals surface area (Å²) < 4.78 is 62.1. The van der Waals surface area contributed by atoms with Crippen LogP contribution in [0.25, 0.3) is 0 Å². The molecule has 0 bridgehead atoms. The molecule has 0 aliphatic rings. The molecular formula is C9H5F5N2O. The lowest BCUT2D eigenvalue weighted by atomic mass is 10.0. The van der Waals surface area contributed by atoms with Gasteiger partial charge in [0.25, 0.3) is 6.43 Å². The van der Waals surface area contributed by atoms with E-state index in [-0.39, 0.29) is 0 Å². The minimum absolute atomic E-state index is 0.521. The molecule has 0 fully saturated rings. The van der Waals surface area contributed by atoms with Crippen LogP contribution in [0.15, 0.2) is 6.20 Å². The van der Waals surface area contributed by atoms with E-state index in [0.717, 1.165) is 0 Å². The molecule has 0 aromatic carbocycles. The zero-order valence-corrected chi connectivity index (χ0v) is 8.09. The quantitative estimate of drug-likeness (QED) is 0.823. The fourth-order valence-corrected chi connectivity index (χ4v) is 1.25. The van der Waals surface area contributed by atoms with E-state index in [1.165, 1.54) is 6.07 Å². The van der Waals surface area contributed by atoms with Crippen LogP contribution in [0, 0.1) is 11.3 Å². The summed E-state index contributed by atoms with van der Waals surface area (Å²) in [7, 11) is 0. The normalized spacial score (nSPS) is 11.6. The van der Waals surface area contributed by atoms with Gasteiger partial charge in [-0.1, -0.05) is 0 Å². The molecule has 1 aromatic rings. The summed E-state index contributed by atoms with van der Waals surface area (Å²) in [6, 6.07) is 1.43. The van der Waals surface area contributed by atoms with E-state index in [1.807, 2.05) is 0 Å². The Balaban J connectivity index is 3.49. The van der Waals surface area contributed by atoms with Crippen LogP contribution >= 0.6 is 0 Å². The summed E-state index contributed by atoms with van der Waals surface area (Å²) in [5.74, 6) is -1.62. The van der Waals surface area contributed by atoms with Gasteiger partial charge in [-0.15, -0.1) is 0 Å². The van der Waals surface area contributed by atoms with Crippen LogP contribution in [-0.4, -0.2) is 10.1 Å². The second-order valence-electron chi connectivity index (χ2n) is 3.03. The number of rotatable bonds is 2. The molecule has 1 N–H and O–H groups in total. The molecule has 8 heteroatoms. The van der Waals surface area contributed by atoms with Crippen molar-refractivity contribution in [2.75, 3.05) is 0 Å². The van der Waals surface area contributed by atoms with Gasteiger partial charge in [0.2, 0.25) is 0 Å². The number of alkyl halides is 5. The maximum absolute atomic E-state index is 12.5. The molecular weight excluding hydrogens is 247 g/mol. The fraction of sp³-hybridized carbons (Fsp3) is 0.333. The Labute approximate surface area is 92.1 Å². The molecule has 0 radical (unpaired) electrons. The molecule has 0 aliphatic carbocycles. The average Bonchev–Trinajstić information content (AvgIpc) is 2.15. The highest BCUT2D eigenvalue weighted by molar-refractivity contribution is 5.44. The number of aromatic nitrogens is 1. The third-order valence-corrected chi connectivity index (χ3v) is 1.92. The molecule has 0 aliphatic heterocycles. The largest absolute Gasteiger partial charge is 0.505 e. The maximum Gasteiger partial charge on any atom is 0.420 e. The van der Waals surface area contributed by atoms with Crippen molar-refractivity contribution in [3.8, 4) is 11.8 Å². The Bertz CT molecular complexity index is 464. The van der Waals surface area contributed by atoms with E-state index in [1.54, 1.807) is 0 Å². The molecule has 0 unspecified atom stereocenters. The second-order valence-corrected chi connectivity index (χ2v) is 3.03. The van der Waals surface area contributed by atoms with Crippen LogP contribution in [0.5, 0.6) is 5.75 Å². The molecule has 0 saturated heterocycles. The predicted octanol–water partition coefficient (Wildman–Crippen LogP) is 2.81. The lowest BCUT2D eigenvalue weighted by molar-refractivity contribution is -0.139. The van der Waals surface area contributed by atoms with Gasteiger partial charge in [-0.25, -0.2) is 8.78 Å². The Morgan fingerprint density at radius 2 is 2.00 bits per heavy atom. The van der Waals surface area contributed by atoms with Crippen molar-refractivity contribution in [2.24, 2.45) is 0 Å². The van der Waals surface area contributed by atoms with Gasteiger partial charge in [0.1, 0.15) is 11.3 Å². The first-order valence-electron chi connectivity index (χ1n) is 4.22. The van der Waals surface area contributed by atoms with Gasteiger partial charge < -0.3 is 5.11 Å². The monoisotopic (exact) mass is 252 g/mol. The average molecular weight is 252 g/mol. The van der Waals surface area contributed by atoms with Gasteiger partial charge in [0.15, 0.2) is 5.75 Å². The number of nitrogens with zero attached hydrogens (tertiary/aromatic N) is 2. The lowest BCUT2D eigenvalue weighted by Crippen LogP contribution is -2.12.